The SMILES string of the molecule is Cl.Cl.N#Cc1cc[c]cc1. The molecule has 0 heterocycles. The Morgan fingerprint density at radius 2 is 1.70 bits per heavy atom. The van der Waals surface area contributed by atoms with Crippen LogP contribution in [0.2, 0.25) is 0 Å². The predicted molar refractivity (Wildman–Crippen MR) is 44.5 cm³/mol. The molecule has 1 aromatic carbocycles. The zero-order chi connectivity index (χ0) is 5.82. The Labute approximate surface area is 72.5 Å². The van der Waals surface area contributed by atoms with Gasteiger partial charge in [-0.3, -0.25) is 0 Å². The van der Waals surface area contributed by atoms with Gasteiger partial charge in [0.25, 0.3) is 0 Å². The summed E-state index contributed by atoms with van der Waals surface area (Å²) in [5.74, 6) is 0. The van der Waals surface area contributed by atoms with Crippen LogP contribution in [-0.2, 0) is 0 Å². The summed E-state index contributed by atoms with van der Waals surface area (Å²) in [6.07, 6.45) is 0. The summed E-state index contributed by atoms with van der Waals surface area (Å²) in [5, 5.41) is 8.27. The third-order valence-corrected chi connectivity index (χ3v) is 0.847. The highest BCUT2D eigenvalue weighted by atomic mass is 35.5. The molecule has 1 aromatic rings. The van der Waals surface area contributed by atoms with Crippen LogP contribution in [0.3, 0.4) is 0 Å². The van der Waals surface area contributed by atoms with Crippen molar-refractivity contribution in [3.63, 3.8) is 0 Å². The molecule has 0 unspecified atom stereocenters. The summed E-state index contributed by atoms with van der Waals surface area (Å²) in [6.45, 7) is 0. The number of hydrogen-bond donors (Lipinski definition) is 0. The summed E-state index contributed by atoms with van der Waals surface area (Å²) in [7, 11) is 0. The van der Waals surface area contributed by atoms with Crippen LogP contribution in [0.5, 0.6) is 0 Å². The van der Waals surface area contributed by atoms with Crippen molar-refractivity contribution in [2.45, 2.75) is 0 Å². The summed E-state index contributed by atoms with van der Waals surface area (Å²) in [4.78, 5) is 0. The lowest BCUT2D eigenvalue weighted by Crippen LogP contribution is -1.66. The van der Waals surface area contributed by atoms with E-state index in [1.54, 1.807) is 24.3 Å². The van der Waals surface area contributed by atoms with E-state index in [0.29, 0.717) is 5.56 Å². The Bertz CT molecular complexity index is 203. The molecule has 0 aromatic heterocycles. The zero-order valence-corrected chi connectivity index (χ0v) is 6.71. The molecular formula is C7H6Cl2N. The number of nitriles is 1. The maximum absolute atomic E-state index is 8.27. The molecule has 53 valence electrons. The van der Waals surface area contributed by atoms with E-state index in [0.717, 1.165) is 0 Å². The monoisotopic (exact) mass is 174 g/mol. The normalized spacial score (nSPS) is 6.30. The van der Waals surface area contributed by atoms with Gasteiger partial charge in [-0.1, -0.05) is 12.1 Å². The first kappa shape index (κ1) is 12.0. The molecule has 0 bridgehead atoms. The molecule has 0 spiro atoms. The number of halogens is 2. The van der Waals surface area contributed by atoms with E-state index in [1.165, 1.54) is 0 Å². The zero-order valence-electron chi connectivity index (χ0n) is 5.07. The quantitative estimate of drug-likeness (QED) is 0.592. The van der Waals surface area contributed by atoms with Crippen molar-refractivity contribution in [3.8, 4) is 6.07 Å². The fraction of sp³-hybridized carbons (Fsp3) is 0. The molecule has 1 nitrogen and oxygen atoms in total. The lowest BCUT2D eigenvalue weighted by atomic mass is 10.2. The number of rotatable bonds is 0. The van der Waals surface area contributed by atoms with Crippen molar-refractivity contribution in [1.29, 1.82) is 5.26 Å². The van der Waals surface area contributed by atoms with Gasteiger partial charge in [0.05, 0.1) is 11.6 Å². The first-order chi connectivity index (χ1) is 3.93. The number of benzene rings is 1. The van der Waals surface area contributed by atoms with Gasteiger partial charge in [-0.25, -0.2) is 0 Å². The fourth-order valence-corrected chi connectivity index (χ4v) is 0.461. The highest BCUT2D eigenvalue weighted by Crippen LogP contribution is 1.92. The number of hydrogen-bond acceptors (Lipinski definition) is 1. The second-order valence-electron chi connectivity index (χ2n) is 1.40. The van der Waals surface area contributed by atoms with E-state index in [9.17, 15) is 0 Å². The molecule has 1 rings (SSSR count). The Kier molecular flexibility index (Phi) is 7.70. The Hall–Kier alpha value is -0.710. The van der Waals surface area contributed by atoms with Crippen molar-refractivity contribution in [3.05, 3.63) is 35.9 Å². The smallest absolute Gasteiger partial charge is 0.0991 e. The topological polar surface area (TPSA) is 23.8 Å². The van der Waals surface area contributed by atoms with Crippen molar-refractivity contribution >= 4 is 24.8 Å². The van der Waals surface area contributed by atoms with E-state index in [1.807, 2.05) is 6.07 Å². The van der Waals surface area contributed by atoms with Crippen LogP contribution in [0.25, 0.3) is 0 Å². The van der Waals surface area contributed by atoms with E-state index in [-0.39, 0.29) is 24.8 Å². The van der Waals surface area contributed by atoms with Gasteiger partial charge >= 0.3 is 0 Å². The molecule has 0 saturated heterocycles. The second kappa shape index (κ2) is 6.41. The van der Waals surface area contributed by atoms with Crippen LogP contribution in [0.1, 0.15) is 5.56 Å². The van der Waals surface area contributed by atoms with E-state index in [4.69, 9.17) is 5.26 Å². The molecule has 0 amide bonds. The first-order valence-corrected chi connectivity index (χ1v) is 2.29. The average molecular weight is 175 g/mol. The minimum Gasteiger partial charge on any atom is -0.192 e. The predicted octanol–water partition coefficient (Wildman–Crippen LogP) is 2.20. The van der Waals surface area contributed by atoms with E-state index >= 15 is 0 Å². The molecule has 10 heavy (non-hydrogen) atoms. The molecule has 0 fully saturated rings. The average Bonchev–Trinajstić information content (AvgIpc) is 1.90. The first-order valence-electron chi connectivity index (χ1n) is 2.29. The minimum absolute atomic E-state index is 0. The van der Waals surface area contributed by atoms with Gasteiger partial charge in [-0.2, -0.15) is 5.26 Å². The van der Waals surface area contributed by atoms with Gasteiger partial charge in [0, 0.05) is 0 Å². The molecule has 0 aliphatic carbocycles. The van der Waals surface area contributed by atoms with E-state index in [2.05, 4.69) is 6.07 Å². The summed E-state index contributed by atoms with van der Waals surface area (Å²) < 4.78 is 0. The second-order valence-corrected chi connectivity index (χ2v) is 1.40. The maximum atomic E-state index is 8.27. The highest BCUT2D eigenvalue weighted by molar-refractivity contribution is 5.85. The highest BCUT2D eigenvalue weighted by Gasteiger charge is 1.79. The Morgan fingerprint density at radius 3 is 2.00 bits per heavy atom. The lowest BCUT2D eigenvalue weighted by Gasteiger charge is -1.79. The van der Waals surface area contributed by atoms with Gasteiger partial charge in [0.15, 0.2) is 0 Å². The van der Waals surface area contributed by atoms with Gasteiger partial charge in [0.2, 0.25) is 0 Å². The van der Waals surface area contributed by atoms with Gasteiger partial charge in [0.1, 0.15) is 0 Å². The van der Waals surface area contributed by atoms with E-state index < -0.39 is 0 Å². The van der Waals surface area contributed by atoms with Gasteiger partial charge in [-0.15, -0.1) is 24.8 Å². The molecule has 3 heteroatoms. The van der Waals surface area contributed by atoms with Crippen LogP contribution in [0.4, 0.5) is 0 Å². The Balaban J connectivity index is 0. The molecule has 0 atom stereocenters. The molecule has 0 N–H and O–H groups in total. The Morgan fingerprint density at radius 1 is 1.20 bits per heavy atom. The number of nitrogens with zero attached hydrogens (tertiary/aromatic N) is 1. The molecular weight excluding hydrogens is 169 g/mol. The summed E-state index contributed by atoms with van der Waals surface area (Å²) in [6, 6.07) is 11.7. The summed E-state index contributed by atoms with van der Waals surface area (Å²) in [5.41, 5.74) is 0.684. The molecule has 0 aliphatic heterocycles. The fourth-order valence-electron chi connectivity index (χ4n) is 0.461. The van der Waals surface area contributed by atoms with Crippen molar-refractivity contribution < 1.29 is 0 Å². The molecule has 0 saturated carbocycles. The van der Waals surface area contributed by atoms with Crippen molar-refractivity contribution in [1.82, 2.24) is 0 Å². The van der Waals surface area contributed by atoms with Crippen molar-refractivity contribution in [2.24, 2.45) is 0 Å². The van der Waals surface area contributed by atoms with Gasteiger partial charge in [-0.05, 0) is 18.2 Å². The molecule has 0 aliphatic rings. The van der Waals surface area contributed by atoms with Crippen molar-refractivity contribution in [2.75, 3.05) is 0 Å². The third-order valence-electron chi connectivity index (χ3n) is 0.847. The van der Waals surface area contributed by atoms with Gasteiger partial charge < -0.3 is 0 Å². The van der Waals surface area contributed by atoms with Crippen LogP contribution >= 0.6 is 24.8 Å². The molecule has 1 radical (unpaired) electrons. The third kappa shape index (κ3) is 3.34. The van der Waals surface area contributed by atoms with Crippen LogP contribution < -0.4 is 0 Å². The summed E-state index contributed by atoms with van der Waals surface area (Å²) >= 11 is 0. The lowest BCUT2D eigenvalue weighted by molar-refractivity contribution is 1.48. The minimum atomic E-state index is 0. The standard InChI is InChI=1S/C7H4N.2ClH/c8-6-7-4-2-1-3-5-7;;/h2-5H;2*1H. The van der Waals surface area contributed by atoms with Crippen LogP contribution in [0.15, 0.2) is 24.3 Å². The largest absolute Gasteiger partial charge is 0.192 e. The van der Waals surface area contributed by atoms with Crippen LogP contribution in [0, 0.1) is 17.4 Å². The maximum Gasteiger partial charge on any atom is 0.0991 e. The van der Waals surface area contributed by atoms with Crippen LogP contribution in [-0.4, -0.2) is 0 Å².